The predicted octanol–water partition coefficient (Wildman–Crippen LogP) is 0.523. The topological polar surface area (TPSA) is 161 Å². The molecule has 2 N–H and O–H groups in total. The van der Waals surface area contributed by atoms with Crippen LogP contribution in [0.5, 0.6) is 0 Å². The first kappa shape index (κ1) is 21.3. The van der Waals surface area contributed by atoms with Crippen molar-refractivity contribution in [1.82, 2.24) is 9.78 Å². The monoisotopic (exact) mass is 404 g/mol. The zero-order valence-corrected chi connectivity index (χ0v) is 14.6. The van der Waals surface area contributed by atoms with Crippen LogP contribution >= 0.6 is 0 Å². The Balaban J connectivity index is 2.37. The van der Waals surface area contributed by atoms with Crippen molar-refractivity contribution in [3.05, 3.63) is 53.1 Å². The van der Waals surface area contributed by atoms with Crippen LogP contribution < -0.4 is 0 Å². The van der Waals surface area contributed by atoms with Crippen LogP contribution in [0, 0.1) is 5.82 Å². The number of ketones is 4. The molecule has 29 heavy (non-hydrogen) atoms. The van der Waals surface area contributed by atoms with Crippen LogP contribution in [-0.4, -0.2) is 55.1 Å². The van der Waals surface area contributed by atoms with E-state index in [1.54, 1.807) is 0 Å². The average Bonchev–Trinajstić information content (AvgIpc) is 3.07. The molecular formula is C18H13FN2O8. The number of carbonyl (C=O) groups is 6. The van der Waals surface area contributed by atoms with Crippen LogP contribution in [0.4, 0.5) is 4.39 Å². The third-order valence-corrected chi connectivity index (χ3v) is 3.72. The number of hydrogen-bond donors (Lipinski definition) is 2. The molecule has 1 aromatic heterocycles. The molecule has 10 nitrogen and oxygen atoms in total. The molecular weight excluding hydrogens is 391 g/mol. The summed E-state index contributed by atoms with van der Waals surface area (Å²) in [5.41, 5.74) is -0.239. The normalized spacial score (nSPS) is 10.4. The summed E-state index contributed by atoms with van der Waals surface area (Å²) in [6, 6.07) is 5.99. The van der Waals surface area contributed by atoms with Gasteiger partial charge in [0.15, 0.2) is 11.6 Å². The largest absolute Gasteiger partial charge is 0.475 e. The number of carboxylic acids is 2. The van der Waals surface area contributed by atoms with E-state index in [0.29, 0.717) is 5.56 Å². The molecule has 0 amide bonds. The molecule has 1 aromatic carbocycles. The Labute approximate surface area is 161 Å². The van der Waals surface area contributed by atoms with Gasteiger partial charge in [0, 0.05) is 0 Å². The molecule has 0 bridgehead atoms. The van der Waals surface area contributed by atoms with Gasteiger partial charge in [-0.05, 0) is 23.8 Å². The molecule has 1 heterocycles. The summed E-state index contributed by atoms with van der Waals surface area (Å²) in [6.07, 6.45) is -1.99. The van der Waals surface area contributed by atoms with Crippen LogP contribution in [0.3, 0.4) is 0 Å². The van der Waals surface area contributed by atoms with E-state index in [1.807, 2.05) is 0 Å². The number of nitrogens with zero attached hydrogens (tertiary/aromatic N) is 2. The lowest BCUT2D eigenvalue weighted by Crippen LogP contribution is -2.20. The SMILES string of the molecule is O=C(O)C(=O)CC(=O)c1cc(C(=O)CC(=O)C(=O)O)n(Cc2ccc(F)cc2)n1. The van der Waals surface area contributed by atoms with Gasteiger partial charge in [0.2, 0.25) is 11.6 Å². The third kappa shape index (κ3) is 5.48. The predicted molar refractivity (Wildman–Crippen MR) is 90.9 cm³/mol. The smallest absolute Gasteiger partial charge is 0.372 e. The van der Waals surface area contributed by atoms with Crippen molar-refractivity contribution in [1.29, 1.82) is 0 Å². The zero-order chi connectivity index (χ0) is 21.7. The Kier molecular flexibility index (Phi) is 6.44. The number of carbonyl (C=O) groups excluding carboxylic acids is 4. The van der Waals surface area contributed by atoms with Gasteiger partial charge in [0.05, 0.1) is 19.4 Å². The van der Waals surface area contributed by atoms with Crippen LogP contribution in [0.1, 0.15) is 39.4 Å². The zero-order valence-electron chi connectivity index (χ0n) is 14.6. The molecule has 0 aliphatic rings. The molecule has 0 saturated carbocycles. The maximum absolute atomic E-state index is 13.1. The van der Waals surface area contributed by atoms with E-state index in [4.69, 9.17) is 10.2 Å². The number of carboxylic acid groups (broad SMARTS) is 2. The van der Waals surface area contributed by atoms with Gasteiger partial charge >= 0.3 is 11.9 Å². The first-order valence-electron chi connectivity index (χ1n) is 7.99. The fourth-order valence-electron chi connectivity index (χ4n) is 2.28. The third-order valence-electron chi connectivity index (χ3n) is 3.72. The summed E-state index contributed by atoms with van der Waals surface area (Å²) in [5, 5.41) is 21.1. The summed E-state index contributed by atoms with van der Waals surface area (Å²) in [4.78, 5) is 68.2. The molecule has 11 heteroatoms. The van der Waals surface area contributed by atoms with E-state index in [0.717, 1.165) is 22.9 Å². The van der Waals surface area contributed by atoms with E-state index in [1.165, 1.54) is 12.1 Å². The highest BCUT2D eigenvalue weighted by Gasteiger charge is 2.25. The molecule has 150 valence electrons. The lowest BCUT2D eigenvalue weighted by Gasteiger charge is -2.06. The van der Waals surface area contributed by atoms with Crippen LogP contribution in [0.15, 0.2) is 30.3 Å². The Hall–Kier alpha value is -4.02. The molecule has 0 aliphatic heterocycles. The average molecular weight is 404 g/mol. The van der Waals surface area contributed by atoms with Crippen LogP contribution in [-0.2, 0) is 25.7 Å². The van der Waals surface area contributed by atoms with E-state index < -0.39 is 59.4 Å². The van der Waals surface area contributed by atoms with Gasteiger partial charge in [-0.3, -0.25) is 23.9 Å². The summed E-state index contributed by atoms with van der Waals surface area (Å²) in [5.74, 6) is -8.82. The van der Waals surface area contributed by atoms with Crippen molar-refractivity contribution in [2.24, 2.45) is 0 Å². The quantitative estimate of drug-likeness (QED) is 0.327. The maximum atomic E-state index is 13.1. The highest BCUT2D eigenvalue weighted by molar-refractivity contribution is 6.38. The molecule has 2 aromatic rings. The molecule has 0 saturated heterocycles. The Morgan fingerprint density at radius 3 is 1.90 bits per heavy atom. The minimum atomic E-state index is -1.81. The van der Waals surface area contributed by atoms with Crippen molar-refractivity contribution in [3.63, 3.8) is 0 Å². The first-order valence-corrected chi connectivity index (χ1v) is 7.99. The fraction of sp³-hybridized carbons (Fsp3) is 0.167. The summed E-state index contributed by atoms with van der Waals surface area (Å²) in [6.45, 7) is -0.136. The van der Waals surface area contributed by atoms with E-state index in [-0.39, 0.29) is 12.2 Å². The van der Waals surface area contributed by atoms with Crippen LogP contribution in [0.25, 0.3) is 0 Å². The van der Waals surface area contributed by atoms with Gasteiger partial charge < -0.3 is 10.2 Å². The number of rotatable bonds is 10. The standard InChI is InChI=1S/C18H13FN2O8/c19-10-3-1-9(2-4-10)8-21-12(14(23)7-16(25)18(28)29)5-11(20-21)13(22)6-15(24)17(26)27/h1-5H,6-8H2,(H,26,27)(H,28,29). The van der Waals surface area contributed by atoms with Crippen molar-refractivity contribution >= 4 is 35.1 Å². The molecule has 0 unspecified atom stereocenters. The summed E-state index contributed by atoms with van der Waals surface area (Å²) >= 11 is 0. The first-order chi connectivity index (χ1) is 13.6. The Bertz CT molecular complexity index is 1020. The summed E-state index contributed by atoms with van der Waals surface area (Å²) < 4.78 is 14.0. The van der Waals surface area contributed by atoms with Crippen molar-refractivity contribution in [2.75, 3.05) is 0 Å². The second-order valence-electron chi connectivity index (χ2n) is 5.86. The van der Waals surface area contributed by atoms with Crippen molar-refractivity contribution in [3.8, 4) is 0 Å². The second kappa shape index (κ2) is 8.78. The lowest BCUT2D eigenvalue weighted by molar-refractivity contribution is -0.148. The van der Waals surface area contributed by atoms with Crippen LogP contribution in [0.2, 0.25) is 0 Å². The van der Waals surface area contributed by atoms with Gasteiger partial charge in [-0.1, -0.05) is 12.1 Å². The number of benzene rings is 1. The van der Waals surface area contributed by atoms with Crippen molar-refractivity contribution < 1.29 is 43.4 Å². The van der Waals surface area contributed by atoms with Gasteiger partial charge in [0.1, 0.15) is 17.2 Å². The van der Waals surface area contributed by atoms with Gasteiger partial charge in [-0.15, -0.1) is 0 Å². The highest BCUT2D eigenvalue weighted by Crippen LogP contribution is 2.14. The van der Waals surface area contributed by atoms with Crippen molar-refractivity contribution in [2.45, 2.75) is 19.4 Å². The molecule has 0 fully saturated rings. The van der Waals surface area contributed by atoms with Gasteiger partial charge in [-0.2, -0.15) is 5.10 Å². The van der Waals surface area contributed by atoms with E-state index in [9.17, 15) is 33.2 Å². The fourth-order valence-corrected chi connectivity index (χ4v) is 2.28. The van der Waals surface area contributed by atoms with Gasteiger partial charge in [-0.25, -0.2) is 14.0 Å². The lowest BCUT2D eigenvalue weighted by atomic mass is 10.1. The Morgan fingerprint density at radius 1 is 0.862 bits per heavy atom. The Morgan fingerprint density at radius 2 is 1.38 bits per heavy atom. The number of halogens is 1. The minimum absolute atomic E-state index is 0.136. The van der Waals surface area contributed by atoms with E-state index >= 15 is 0 Å². The maximum Gasteiger partial charge on any atom is 0.372 e. The molecule has 0 spiro atoms. The van der Waals surface area contributed by atoms with E-state index in [2.05, 4.69) is 5.10 Å². The number of hydrogen-bond acceptors (Lipinski definition) is 7. The molecule has 2 rings (SSSR count). The number of aromatic nitrogens is 2. The highest BCUT2D eigenvalue weighted by atomic mass is 19.1. The molecule has 0 aliphatic carbocycles. The minimum Gasteiger partial charge on any atom is -0.475 e. The molecule has 0 radical (unpaired) electrons. The summed E-state index contributed by atoms with van der Waals surface area (Å²) in [7, 11) is 0. The number of aliphatic carboxylic acids is 2. The van der Waals surface area contributed by atoms with Gasteiger partial charge in [0.25, 0.3) is 0 Å². The number of Topliss-reactive ketones (excluding diaryl/α,β-unsaturated/α-hetero) is 4. The molecule has 0 atom stereocenters. The second-order valence-corrected chi connectivity index (χ2v) is 5.86.